The number of halogens is 1. The molecule has 0 amide bonds. The molecule has 1 aliphatic rings. The maximum atomic E-state index is 14.2. The van der Waals surface area contributed by atoms with Crippen molar-refractivity contribution in [2.45, 2.75) is 25.0 Å². The lowest BCUT2D eigenvalue weighted by Crippen LogP contribution is -2.30. The number of anilines is 1. The van der Waals surface area contributed by atoms with Crippen LogP contribution >= 0.6 is 0 Å². The van der Waals surface area contributed by atoms with Gasteiger partial charge < -0.3 is 14.8 Å². The number of nitro benzene ring substituents is 1. The van der Waals surface area contributed by atoms with E-state index in [0.717, 1.165) is 18.1 Å². The van der Waals surface area contributed by atoms with Gasteiger partial charge in [-0.2, -0.15) is 0 Å². The van der Waals surface area contributed by atoms with E-state index in [9.17, 15) is 14.5 Å². The highest BCUT2D eigenvalue weighted by Gasteiger charge is 2.26. The number of nitrogens with one attached hydrogen (secondary N) is 1. The molecule has 1 aliphatic heterocycles. The third kappa shape index (κ3) is 3.88. The Balaban J connectivity index is 1.76. The second kappa shape index (κ2) is 7.48. The summed E-state index contributed by atoms with van der Waals surface area (Å²) in [7, 11) is 1.32. The lowest BCUT2D eigenvalue weighted by molar-refractivity contribution is -0.385. The molecule has 0 spiro atoms. The molecule has 1 heterocycles. The molecule has 2 unspecified atom stereocenters. The van der Waals surface area contributed by atoms with E-state index in [0.29, 0.717) is 13.0 Å². The SMILES string of the molecule is COc1cc(NC2CCOC(c3ccccc3)C2)c(F)cc1[N+](=O)[O-]. The Hall–Kier alpha value is -2.67. The van der Waals surface area contributed by atoms with Crippen molar-refractivity contribution < 1.29 is 18.8 Å². The minimum Gasteiger partial charge on any atom is -0.490 e. The minimum absolute atomic E-state index is 0.000353. The Morgan fingerprint density at radius 2 is 2.08 bits per heavy atom. The van der Waals surface area contributed by atoms with Gasteiger partial charge in [0.1, 0.15) is 0 Å². The molecule has 6 nitrogen and oxygen atoms in total. The summed E-state index contributed by atoms with van der Waals surface area (Å²) in [5, 5.41) is 14.1. The van der Waals surface area contributed by atoms with E-state index in [4.69, 9.17) is 9.47 Å². The van der Waals surface area contributed by atoms with E-state index >= 15 is 0 Å². The maximum Gasteiger partial charge on any atom is 0.313 e. The van der Waals surface area contributed by atoms with Gasteiger partial charge in [-0.25, -0.2) is 4.39 Å². The Morgan fingerprint density at radius 3 is 2.76 bits per heavy atom. The molecule has 0 radical (unpaired) electrons. The molecule has 0 bridgehead atoms. The summed E-state index contributed by atoms with van der Waals surface area (Å²) in [6, 6.07) is 12.1. The van der Waals surface area contributed by atoms with E-state index in [2.05, 4.69) is 5.32 Å². The van der Waals surface area contributed by atoms with Crippen LogP contribution in [0.5, 0.6) is 5.75 Å². The monoisotopic (exact) mass is 346 g/mol. The van der Waals surface area contributed by atoms with Gasteiger partial charge in [-0.3, -0.25) is 10.1 Å². The van der Waals surface area contributed by atoms with Crippen LogP contribution in [-0.4, -0.2) is 24.7 Å². The molecule has 3 rings (SSSR count). The van der Waals surface area contributed by atoms with Crippen LogP contribution in [0.2, 0.25) is 0 Å². The van der Waals surface area contributed by atoms with E-state index in [1.54, 1.807) is 0 Å². The normalized spacial score (nSPS) is 20.1. The van der Waals surface area contributed by atoms with Crippen LogP contribution in [-0.2, 0) is 4.74 Å². The first-order chi connectivity index (χ1) is 12.1. The largest absolute Gasteiger partial charge is 0.490 e. The zero-order chi connectivity index (χ0) is 17.8. The fourth-order valence-corrected chi connectivity index (χ4v) is 3.01. The van der Waals surface area contributed by atoms with E-state index in [1.807, 2.05) is 30.3 Å². The van der Waals surface area contributed by atoms with Gasteiger partial charge in [0.15, 0.2) is 11.6 Å². The van der Waals surface area contributed by atoms with E-state index in [-0.39, 0.29) is 29.3 Å². The number of ether oxygens (including phenoxy) is 2. The highest BCUT2D eigenvalue weighted by Crippen LogP contribution is 2.35. The average molecular weight is 346 g/mol. The summed E-state index contributed by atoms with van der Waals surface area (Å²) >= 11 is 0. The lowest BCUT2D eigenvalue weighted by atomic mass is 9.97. The third-order valence-electron chi connectivity index (χ3n) is 4.28. The predicted molar refractivity (Wildman–Crippen MR) is 91.4 cm³/mol. The highest BCUT2D eigenvalue weighted by atomic mass is 19.1. The number of hydrogen-bond acceptors (Lipinski definition) is 5. The van der Waals surface area contributed by atoms with Gasteiger partial charge in [0, 0.05) is 18.7 Å². The van der Waals surface area contributed by atoms with Gasteiger partial charge in [-0.15, -0.1) is 0 Å². The maximum absolute atomic E-state index is 14.2. The fraction of sp³-hybridized carbons (Fsp3) is 0.333. The van der Waals surface area contributed by atoms with Crippen molar-refractivity contribution in [3.63, 3.8) is 0 Å². The van der Waals surface area contributed by atoms with Crippen LogP contribution in [0.15, 0.2) is 42.5 Å². The number of nitro groups is 1. The molecule has 1 N–H and O–H groups in total. The second-order valence-corrected chi connectivity index (χ2v) is 5.90. The van der Waals surface area contributed by atoms with Crippen molar-refractivity contribution in [3.05, 3.63) is 64.0 Å². The van der Waals surface area contributed by atoms with Gasteiger partial charge in [0.05, 0.1) is 29.9 Å². The van der Waals surface area contributed by atoms with Crippen molar-refractivity contribution >= 4 is 11.4 Å². The standard InChI is InChI=1S/C18H19FN2O4/c1-24-18-11-15(14(19)10-16(18)21(22)23)20-13-7-8-25-17(9-13)12-5-3-2-4-6-12/h2-6,10-11,13,17,20H,7-9H2,1H3. The zero-order valence-corrected chi connectivity index (χ0v) is 13.8. The summed E-state index contributed by atoms with van der Waals surface area (Å²) in [6.07, 6.45) is 1.35. The van der Waals surface area contributed by atoms with E-state index in [1.165, 1.54) is 13.2 Å². The molecule has 1 fully saturated rings. The first-order valence-electron chi connectivity index (χ1n) is 8.03. The predicted octanol–water partition coefficient (Wildman–Crippen LogP) is 4.07. The summed E-state index contributed by atoms with van der Waals surface area (Å²) in [6.45, 7) is 0.558. The van der Waals surface area contributed by atoms with E-state index < -0.39 is 10.7 Å². The molecule has 0 aromatic heterocycles. The smallest absolute Gasteiger partial charge is 0.313 e. The summed E-state index contributed by atoms with van der Waals surface area (Å²) in [5.41, 5.74) is 0.886. The minimum atomic E-state index is -0.671. The van der Waals surface area contributed by atoms with Crippen molar-refractivity contribution in [1.29, 1.82) is 0 Å². The average Bonchev–Trinajstić information content (AvgIpc) is 2.64. The zero-order valence-electron chi connectivity index (χ0n) is 13.8. The van der Waals surface area contributed by atoms with Gasteiger partial charge in [-0.05, 0) is 18.4 Å². The van der Waals surface area contributed by atoms with Crippen molar-refractivity contribution in [2.24, 2.45) is 0 Å². The Morgan fingerprint density at radius 1 is 1.32 bits per heavy atom. The Bertz CT molecular complexity index is 754. The molecule has 2 aromatic rings. The number of hydrogen-bond donors (Lipinski definition) is 1. The Kier molecular flexibility index (Phi) is 5.14. The molecule has 0 saturated carbocycles. The molecule has 2 atom stereocenters. The molecule has 0 aliphatic carbocycles. The van der Waals surface area contributed by atoms with Crippen LogP contribution in [0, 0.1) is 15.9 Å². The third-order valence-corrected chi connectivity index (χ3v) is 4.28. The van der Waals surface area contributed by atoms with Crippen LogP contribution in [0.3, 0.4) is 0 Å². The van der Waals surface area contributed by atoms with Gasteiger partial charge in [0.2, 0.25) is 0 Å². The number of benzene rings is 2. The lowest BCUT2D eigenvalue weighted by Gasteiger charge is -2.31. The van der Waals surface area contributed by atoms with Crippen LogP contribution in [0.4, 0.5) is 15.8 Å². The summed E-state index contributed by atoms with van der Waals surface area (Å²) in [5.74, 6) is -0.643. The van der Waals surface area contributed by atoms with Crippen LogP contribution in [0.25, 0.3) is 0 Å². The van der Waals surface area contributed by atoms with Gasteiger partial charge >= 0.3 is 5.69 Å². The Labute approximate surface area is 144 Å². The first-order valence-corrected chi connectivity index (χ1v) is 8.03. The molecule has 25 heavy (non-hydrogen) atoms. The first kappa shape index (κ1) is 17.2. The molecule has 7 heteroatoms. The number of nitrogens with zero attached hydrogens (tertiary/aromatic N) is 1. The van der Waals surface area contributed by atoms with Crippen molar-refractivity contribution in [2.75, 3.05) is 19.0 Å². The molecule has 132 valence electrons. The number of rotatable bonds is 5. The van der Waals surface area contributed by atoms with Crippen LogP contribution in [0.1, 0.15) is 24.5 Å². The number of methoxy groups -OCH3 is 1. The molecule has 2 aromatic carbocycles. The van der Waals surface area contributed by atoms with Crippen molar-refractivity contribution in [3.8, 4) is 5.75 Å². The molecular formula is C18H19FN2O4. The molecular weight excluding hydrogens is 327 g/mol. The highest BCUT2D eigenvalue weighted by molar-refractivity contribution is 5.59. The summed E-state index contributed by atoms with van der Waals surface area (Å²) in [4.78, 5) is 10.3. The van der Waals surface area contributed by atoms with Gasteiger partial charge in [-0.1, -0.05) is 30.3 Å². The second-order valence-electron chi connectivity index (χ2n) is 5.90. The molecule has 1 saturated heterocycles. The van der Waals surface area contributed by atoms with Crippen molar-refractivity contribution in [1.82, 2.24) is 0 Å². The quantitative estimate of drug-likeness (QED) is 0.652. The van der Waals surface area contributed by atoms with Crippen LogP contribution < -0.4 is 10.1 Å². The summed E-state index contributed by atoms with van der Waals surface area (Å²) < 4.78 is 25.1. The fourth-order valence-electron chi connectivity index (χ4n) is 3.01. The topological polar surface area (TPSA) is 73.6 Å². The van der Waals surface area contributed by atoms with Gasteiger partial charge in [0.25, 0.3) is 0 Å².